The van der Waals surface area contributed by atoms with Crippen molar-refractivity contribution in [2.24, 2.45) is 0 Å². The zero-order valence-corrected chi connectivity index (χ0v) is 34.3. The van der Waals surface area contributed by atoms with Crippen molar-refractivity contribution in [3.63, 3.8) is 0 Å². The Balaban J connectivity index is 1.06. The maximum absolute atomic E-state index is 7.21. The third kappa shape index (κ3) is 5.10. The topological polar surface area (TPSA) is 24.9 Å². The molecule has 0 N–H and O–H groups in total. The standard InChI is InChI=1S/C56H38B2N2O2/c1-35-17-9-13-25-45(35)59-47-27-15-11-23-41(47)57-43-33-44-52(34-51(43)61-53-31-39(29-49(59)55(53)57)37-19-5-3-6-20-37)62-54-32-40(38-21-7-4-8-22-38)30-50-56(54)58(44)42-24-12-16-28-48(42)60(50)46-26-14-10-18-36(46)2/h3-34H,1-2H3. The summed E-state index contributed by atoms with van der Waals surface area (Å²) in [6.45, 7) is 4.26. The molecule has 13 rings (SSSR count). The quantitative estimate of drug-likeness (QED) is 0.166. The highest BCUT2D eigenvalue weighted by Gasteiger charge is 2.47. The molecule has 0 fully saturated rings. The van der Waals surface area contributed by atoms with E-state index in [4.69, 9.17) is 9.47 Å². The van der Waals surface area contributed by atoms with Crippen LogP contribution in [-0.4, -0.2) is 13.4 Å². The van der Waals surface area contributed by atoms with Crippen LogP contribution in [0.5, 0.6) is 23.0 Å². The minimum absolute atomic E-state index is 0.0704. The summed E-state index contributed by atoms with van der Waals surface area (Å²) in [6, 6.07) is 70.3. The van der Waals surface area contributed by atoms with Crippen molar-refractivity contribution >= 4 is 80.3 Å². The Bertz CT molecular complexity index is 3100. The summed E-state index contributed by atoms with van der Waals surface area (Å²) in [5.41, 5.74) is 21.0. The van der Waals surface area contributed by atoms with Crippen LogP contribution in [0.3, 0.4) is 0 Å². The second kappa shape index (κ2) is 13.4. The third-order valence-electron chi connectivity index (χ3n) is 13.4. The van der Waals surface area contributed by atoms with Gasteiger partial charge in [0.05, 0.1) is 0 Å². The van der Waals surface area contributed by atoms with E-state index < -0.39 is 0 Å². The molecule has 4 aliphatic heterocycles. The number of benzene rings is 9. The van der Waals surface area contributed by atoms with Gasteiger partial charge in [0.15, 0.2) is 0 Å². The Labute approximate surface area is 362 Å². The van der Waals surface area contributed by atoms with Crippen LogP contribution in [-0.2, 0) is 0 Å². The fourth-order valence-electron chi connectivity index (χ4n) is 10.6. The van der Waals surface area contributed by atoms with Crippen LogP contribution in [0.1, 0.15) is 11.1 Å². The second-order valence-corrected chi connectivity index (χ2v) is 16.9. The molecule has 0 saturated heterocycles. The molecular formula is C56H38B2N2O2. The average Bonchev–Trinajstić information content (AvgIpc) is 3.32. The Morgan fingerprint density at radius 3 is 1.13 bits per heavy atom. The normalized spacial score (nSPS) is 13.5. The van der Waals surface area contributed by atoms with Crippen LogP contribution in [0.25, 0.3) is 22.3 Å². The fraction of sp³-hybridized carbons (Fsp3) is 0.0357. The molecule has 0 aliphatic carbocycles. The van der Waals surface area contributed by atoms with E-state index in [9.17, 15) is 0 Å². The first-order chi connectivity index (χ1) is 30.6. The molecule has 4 aliphatic rings. The Morgan fingerprint density at radius 1 is 0.306 bits per heavy atom. The maximum atomic E-state index is 7.21. The molecule has 6 heteroatoms. The van der Waals surface area contributed by atoms with Gasteiger partial charge in [-0.1, -0.05) is 140 Å². The van der Waals surface area contributed by atoms with Crippen LogP contribution in [0.15, 0.2) is 194 Å². The van der Waals surface area contributed by atoms with Crippen LogP contribution in [0.4, 0.5) is 34.1 Å². The Morgan fingerprint density at radius 2 is 0.694 bits per heavy atom. The smallest absolute Gasteiger partial charge is 0.256 e. The minimum atomic E-state index is -0.0704. The molecule has 9 aromatic carbocycles. The number of para-hydroxylation sites is 4. The van der Waals surface area contributed by atoms with Gasteiger partial charge in [-0.25, -0.2) is 0 Å². The number of aryl methyl sites for hydroxylation is 2. The predicted molar refractivity (Wildman–Crippen MR) is 258 cm³/mol. The first-order valence-electron chi connectivity index (χ1n) is 21.5. The molecule has 9 aromatic rings. The summed E-state index contributed by atoms with van der Waals surface area (Å²) in [5.74, 6) is 3.39. The lowest BCUT2D eigenvalue weighted by atomic mass is 9.31. The maximum Gasteiger partial charge on any atom is 0.256 e. The highest BCUT2D eigenvalue weighted by Crippen LogP contribution is 2.47. The lowest BCUT2D eigenvalue weighted by molar-refractivity contribution is 0.466. The predicted octanol–water partition coefficient (Wildman–Crippen LogP) is 10.4. The van der Waals surface area contributed by atoms with Crippen molar-refractivity contribution in [2.75, 3.05) is 9.80 Å². The van der Waals surface area contributed by atoms with Crippen molar-refractivity contribution in [1.29, 1.82) is 0 Å². The zero-order chi connectivity index (χ0) is 41.1. The third-order valence-corrected chi connectivity index (χ3v) is 13.4. The molecule has 4 heterocycles. The van der Waals surface area contributed by atoms with Gasteiger partial charge in [0.2, 0.25) is 0 Å². The molecular weight excluding hydrogens is 754 g/mol. The summed E-state index contributed by atoms with van der Waals surface area (Å²) in [6.07, 6.45) is 0. The molecule has 0 aromatic heterocycles. The van der Waals surface area contributed by atoms with E-state index in [1.165, 1.54) is 44.4 Å². The molecule has 0 bridgehead atoms. The number of fused-ring (bicyclic) bond motifs is 8. The molecule has 0 saturated carbocycles. The van der Waals surface area contributed by atoms with Crippen molar-refractivity contribution in [3.05, 3.63) is 205 Å². The first kappa shape index (κ1) is 35.1. The fourth-order valence-corrected chi connectivity index (χ4v) is 10.6. The van der Waals surface area contributed by atoms with E-state index in [1.807, 2.05) is 0 Å². The Kier molecular flexibility index (Phi) is 7.59. The van der Waals surface area contributed by atoms with E-state index >= 15 is 0 Å². The zero-order valence-electron chi connectivity index (χ0n) is 34.3. The van der Waals surface area contributed by atoms with Crippen molar-refractivity contribution in [3.8, 4) is 45.3 Å². The highest BCUT2D eigenvalue weighted by atomic mass is 16.5. The van der Waals surface area contributed by atoms with E-state index in [1.54, 1.807) is 0 Å². The Hall–Kier alpha value is -7.69. The summed E-state index contributed by atoms with van der Waals surface area (Å²) < 4.78 is 14.4. The number of rotatable bonds is 4. The average molecular weight is 793 g/mol. The van der Waals surface area contributed by atoms with Gasteiger partial charge in [-0.15, -0.1) is 0 Å². The van der Waals surface area contributed by atoms with Gasteiger partial charge >= 0.3 is 0 Å². The van der Waals surface area contributed by atoms with Crippen molar-refractivity contribution in [1.82, 2.24) is 0 Å². The monoisotopic (exact) mass is 792 g/mol. The molecule has 62 heavy (non-hydrogen) atoms. The number of hydrogen-bond acceptors (Lipinski definition) is 4. The number of anilines is 6. The summed E-state index contributed by atoms with van der Waals surface area (Å²) >= 11 is 0. The molecule has 0 amide bonds. The largest absolute Gasteiger partial charge is 0.458 e. The van der Waals surface area contributed by atoms with E-state index in [0.717, 1.165) is 78.9 Å². The summed E-state index contributed by atoms with van der Waals surface area (Å²) in [7, 11) is 0. The molecule has 0 atom stereocenters. The number of hydrogen-bond donors (Lipinski definition) is 0. The molecule has 0 spiro atoms. The second-order valence-electron chi connectivity index (χ2n) is 16.9. The van der Waals surface area contributed by atoms with Gasteiger partial charge in [-0.05, 0) is 129 Å². The van der Waals surface area contributed by atoms with Crippen LogP contribution in [0, 0.1) is 13.8 Å². The van der Waals surface area contributed by atoms with Gasteiger partial charge in [-0.2, -0.15) is 0 Å². The highest BCUT2D eigenvalue weighted by molar-refractivity contribution is 7.02. The lowest BCUT2D eigenvalue weighted by Gasteiger charge is -2.42. The lowest BCUT2D eigenvalue weighted by Crippen LogP contribution is -2.63. The van der Waals surface area contributed by atoms with Gasteiger partial charge < -0.3 is 19.3 Å². The molecule has 290 valence electrons. The first-order valence-corrected chi connectivity index (χ1v) is 21.5. The summed E-state index contributed by atoms with van der Waals surface area (Å²) in [5, 5.41) is 0. The minimum Gasteiger partial charge on any atom is -0.458 e. The van der Waals surface area contributed by atoms with Crippen molar-refractivity contribution < 1.29 is 9.47 Å². The van der Waals surface area contributed by atoms with Gasteiger partial charge in [0, 0.05) is 40.2 Å². The van der Waals surface area contributed by atoms with Crippen molar-refractivity contribution in [2.45, 2.75) is 13.8 Å². The van der Waals surface area contributed by atoms with Gasteiger partial charge in [-0.3, -0.25) is 0 Å². The number of ether oxygens (including phenoxy) is 2. The molecule has 0 radical (unpaired) electrons. The van der Waals surface area contributed by atoms with Crippen LogP contribution in [0.2, 0.25) is 0 Å². The molecule has 0 unspecified atom stereocenters. The van der Waals surface area contributed by atoms with Gasteiger partial charge in [0.1, 0.15) is 23.0 Å². The van der Waals surface area contributed by atoms with Gasteiger partial charge in [0.25, 0.3) is 13.4 Å². The van der Waals surface area contributed by atoms with E-state index in [-0.39, 0.29) is 13.4 Å². The van der Waals surface area contributed by atoms with E-state index in [0.29, 0.717) is 0 Å². The molecule has 4 nitrogen and oxygen atoms in total. The van der Waals surface area contributed by atoms with E-state index in [2.05, 4.69) is 218 Å². The van der Waals surface area contributed by atoms with Crippen LogP contribution >= 0.6 is 0 Å². The SMILES string of the molecule is Cc1ccccc1N1c2ccccc2B2c3cc4c(cc3Oc3cc(-c5ccccc5)cc1c32)Oc1cc(-c2ccccc2)cc2c1B4c1ccccc1N2c1ccccc1C. The summed E-state index contributed by atoms with van der Waals surface area (Å²) in [4.78, 5) is 4.90. The number of nitrogens with zero attached hydrogens (tertiary/aromatic N) is 2. The van der Waals surface area contributed by atoms with Crippen LogP contribution < -0.4 is 52.1 Å².